The van der Waals surface area contributed by atoms with Crippen LogP contribution in [0.4, 0.5) is 0 Å². The van der Waals surface area contributed by atoms with Gasteiger partial charge in [-0.3, -0.25) is 4.79 Å². The Morgan fingerprint density at radius 1 is 1.50 bits per heavy atom. The minimum Gasteiger partial charge on any atom is -0.368 e. The lowest BCUT2D eigenvalue weighted by Crippen LogP contribution is -2.20. The molecule has 2 N–H and O–H groups in total. The summed E-state index contributed by atoms with van der Waals surface area (Å²) in [5.41, 5.74) is 5.02. The summed E-state index contributed by atoms with van der Waals surface area (Å²) in [5, 5.41) is 0. The second-order valence-corrected chi connectivity index (χ2v) is 4.20. The molecule has 0 spiro atoms. The minimum atomic E-state index is -0.183. The molecule has 46 valence electrons. The van der Waals surface area contributed by atoms with E-state index < -0.39 is 0 Å². The van der Waals surface area contributed by atoms with E-state index in [4.69, 9.17) is 5.73 Å². The molecule has 0 bridgehead atoms. The SMILES string of the molecule is NC(=O)C1SCCS1. The number of primary amides is 1. The summed E-state index contributed by atoms with van der Waals surface area (Å²) in [5.74, 6) is 1.95. The Kier molecular flexibility index (Phi) is 2.08. The van der Waals surface area contributed by atoms with Gasteiger partial charge in [-0.05, 0) is 0 Å². The molecule has 1 fully saturated rings. The zero-order chi connectivity index (χ0) is 5.98. The van der Waals surface area contributed by atoms with Crippen molar-refractivity contribution in [1.29, 1.82) is 0 Å². The molecule has 1 aliphatic rings. The third kappa shape index (κ3) is 1.32. The summed E-state index contributed by atoms with van der Waals surface area (Å²) < 4.78 is 0.0370. The lowest BCUT2D eigenvalue weighted by Gasteiger charge is -1.97. The first-order chi connectivity index (χ1) is 3.80. The molecule has 1 rings (SSSR count). The molecule has 0 radical (unpaired) electrons. The molecule has 0 saturated carbocycles. The van der Waals surface area contributed by atoms with Crippen LogP contribution in [0.3, 0.4) is 0 Å². The fraction of sp³-hybridized carbons (Fsp3) is 0.750. The second kappa shape index (κ2) is 2.64. The van der Waals surface area contributed by atoms with Crippen LogP contribution in [0.2, 0.25) is 0 Å². The summed E-state index contributed by atoms with van der Waals surface area (Å²) in [6.45, 7) is 0. The van der Waals surface area contributed by atoms with Gasteiger partial charge in [-0.2, -0.15) is 0 Å². The molecule has 0 atom stereocenters. The number of nitrogens with two attached hydrogens (primary N) is 1. The number of carbonyl (C=O) groups is 1. The molecule has 0 aromatic rings. The summed E-state index contributed by atoms with van der Waals surface area (Å²) >= 11 is 3.28. The molecule has 8 heavy (non-hydrogen) atoms. The van der Waals surface area contributed by atoms with Crippen LogP contribution in [-0.4, -0.2) is 22.0 Å². The Labute approximate surface area is 56.6 Å². The van der Waals surface area contributed by atoms with E-state index in [9.17, 15) is 4.79 Å². The maximum absolute atomic E-state index is 10.4. The van der Waals surface area contributed by atoms with E-state index in [1.807, 2.05) is 0 Å². The van der Waals surface area contributed by atoms with E-state index >= 15 is 0 Å². The molecule has 2 nitrogen and oxygen atoms in total. The summed E-state index contributed by atoms with van der Waals surface area (Å²) in [4.78, 5) is 10.4. The Morgan fingerprint density at radius 3 is 2.25 bits per heavy atom. The van der Waals surface area contributed by atoms with Gasteiger partial charge in [-0.25, -0.2) is 0 Å². The molecule has 1 aliphatic heterocycles. The number of amides is 1. The number of hydrogen-bond acceptors (Lipinski definition) is 3. The lowest BCUT2D eigenvalue weighted by atomic mass is 10.8. The van der Waals surface area contributed by atoms with Gasteiger partial charge >= 0.3 is 0 Å². The third-order valence-corrected chi connectivity index (χ3v) is 3.88. The van der Waals surface area contributed by atoms with Gasteiger partial charge in [0.15, 0.2) is 0 Å². The van der Waals surface area contributed by atoms with Gasteiger partial charge in [0, 0.05) is 11.5 Å². The van der Waals surface area contributed by atoms with E-state index in [1.165, 1.54) is 0 Å². The van der Waals surface area contributed by atoms with Crippen molar-refractivity contribution in [3.8, 4) is 0 Å². The smallest absolute Gasteiger partial charge is 0.240 e. The Bertz CT molecular complexity index is 100. The van der Waals surface area contributed by atoms with E-state index in [2.05, 4.69) is 0 Å². The monoisotopic (exact) mass is 149 g/mol. The first kappa shape index (κ1) is 6.29. The highest BCUT2D eigenvalue weighted by atomic mass is 32.2. The Morgan fingerprint density at radius 2 is 2.00 bits per heavy atom. The minimum absolute atomic E-state index is 0.0370. The van der Waals surface area contributed by atoms with Gasteiger partial charge in [0.1, 0.15) is 4.58 Å². The van der Waals surface area contributed by atoms with Crippen molar-refractivity contribution < 1.29 is 4.79 Å². The quantitative estimate of drug-likeness (QED) is 0.582. The van der Waals surface area contributed by atoms with Gasteiger partial charge in [0.25, 0.3) is 0 Å². The molecule has 1 heterocycles. The predicted octanol–water partition coefficient (Wildman–Crippen LogP) is 0.278. The van der Waals surface area contributed by atoms with Crippen LogP contribution in [0.5, 0.6) is 0 Å². The Balaban J connectivity index is 2.35. The van der Waals surface area contributed by atoms with Crippen LogP contribution in [0.25, 0.3) is 0 Å². The summed E-state index contributed by atoms with van der Waals surface area (Å²) in [6.07, 6.45) is 0. The third-order valence-electron chi connectivity index (χ3n) is 0.854. The zero-order valence-corrected chi connectivity index (χ0v) is 5.93. The summed E-state index contributed by atoms with van der Waals surface area (Å²) in [7, 11) is 0. The number of rotatable bonds is 1. The predicted molar refractivity (Wildman–Crippen MR) is 37.9 cm³/mol. The Hall–Kier alpha value is 0.170. The van der Waals surface area contributed by atoms with E-state index in [0.717, 1.165) is 11.5 Å². The molecule has 1 saturated heterocycles. The molecular formula is C4H7NOS2. The van der Waals surface area contributed by atoms with Gasteiger partial charge in [0.2, 0.25) is 5.91 Å². The van der Waals surface area contributed by atoms with Crippen molar-refractivity contribution >= 4 is 29.4 Å². The van der Waals surface area contributed by atoms with Crippen molar-refractivity contribution in [2.24, 2.45) is 5.73 Å². The van der Waals surface area contributed by atoms with Gasteiger partial charge < -0.3 is 5.73 Å². The molecular weight excluding hydrogens is 142 g/mol. The first-order valence-electron chi connectivity index (χ1n) is 2.33. The van der Waals surface area contributed by atoms with E-state index in [1.54, 1.807) is 23.5 Å². The molecule has 0 aromatic carbocycles. The van der Waals surface area contributed by atoms with E-state index in [0.29, 0.717) is 0 Å². The molecule has 1 amide bonds. The van der Waals surface area contributed by atoms with Crippen molar-refractivity contribution in [2.75, 3.05) is 11.5 Å². The van der Waals surface area contributed by atoms with Crippen LogP contribution in [0.15, 0.2) is 0 Å². The van der Waals surface area contributed by atoms with Crippen molar-refractivity contribution in [1.82, 2.24) is 0 Å². The lowest BCUT2D eigenvalue weighted by molar-refractivity contribution is -0.116. The van der Waals surface area contributed by atoms with Gasteiger partial charge in [0.05, 0.1) is 0 Å². The number of thioether (sulfide) groups is 2. The number of hydrogen-bond donors (Lipinski definition) is 1. The normalized spacial score (nSPS) is 21.5. The highest BCUT2D eigenvalue weighted by Crippen LogP contribution is 2.30. The average molecular weight is 149 g/mol. The fourth-order valence-corrected chi connectivity index (χ4v) is 3.01. The number of carbonyl (C=O) groups excluding carboxylic acids is 1. The van der Waals surface area contributed by atoms with Crippen LogP contribution in [-0.2, 0) is 4.79 Å². The standard InChI is InChI=1S/C4H7NOS2/c5-3(6)4-7-1-2-8-4/h4H,1-2H2,(H2,5,6). The van der Waals surface area contributed by atoms with Crippen molar-refractivity contribution in [3.63, 3.8) is 0 Å². The van der Waals surface area contributed by atoms with Gasteiger partial charge in [-0.15, -0.1) is 23.5 Å². The molecule has 4 heteroatoms. The maximum Gasteiger partial charge on any atom is 0.240 e. The first-order valence-corrected chi connectivity index (χ1v) is 4.43. The summed E-state index contributed by atoms with van der Waals surface area (Å²) in [6, 6.07) is 0. The van der Waals surface area contributed by atoms with Crippen LogP contribution >= 0.6 is 23.5 Å². The van der Waals surface area contributed by atoms with E-state index in [-0.39, 0.29) is 10.5 Å². The zero-order valence-electron chi connectivity index (χ0n) is 4.29. The second-order valence-electron chi connectivity index (χ2n) is 1.48. The molecule has 0 aromatic heterocycles. The largest absolute Gasteiger partial charge is 0.368 e. The average Bonchev–Trinajstić information content (AvgIpc) is 2.12. The van der Waals surface area contributed by atoms with Crippen LogP contribution in [0, 0.1) is 0 Å². The van der Waals surface area contributed by atoms with Crippen LogP contribution < -0.4 is 5.73 Å². The molecule has 0 aliphatic carbocycles. The van der Waals surface area contributed by atoms with Gasteiger partial charge in [-0.1, -0.05) is 0 Å². The fourth-order valence-electron chi connectivity index (χ4n) is 0.523. The topological polar surface area (TPSA) is 43.1 Å². The highest BCUT2D eigenvalue weighted by molar-refractivity contribution is 8.21. The molecule has 0 unspecified atom stereocenters. The highest BCUT2D eigenvalue weighted by Gasteiger charge is 2.20. The maximum atomic E-state index is 10.4. The van der Waals surface area contributed by atoms with Crippen molar-refractivity contribution in [2.45, 2.75) is 4.58 Å². The van der Waals surface area contributed by atoms with Crippen molar-refractivity contribution in [3.05, 3.63) is 0 Å². The van der Waals surface area contributed by atoms with Crippen LogP contribution in [0.1, 0.15) is 0 Å².